The smallest absolute Gasteiger partial charge is 0.300 e. The van der Waals surface area contributed by atoms with Crippen LogP contribution in [0.15, 0.2) is 72.3 Å². The number of carbonyl (C=O) groups is 2. The number of rotatable bonds is 7. The standard InChI is InChI=1S/C28H27NO6/c1-5-35-22-14-11-19(16-23(22)34-4)25-24(26(30)18-9-12-21(33-3)13-10-18)27(31)28(32)29(25)20-8-6-7-17(2)15-20/h6-16,25,30H,5H2,1-4H3/b26-24-. The molecule has 7 heteroatoms. The lowest BCUT2D eigenvalue weighted by Gasteiger charge is -2.26. The Labute approximate surface area is 204 Å². The molecule has 0 bridgehead atoms. The molecule has 1 N–H and O–H groups in total. The molecule has 4 rings (SSSR count). The molecule has 1 saturated heterocycles. The molecule has 1 heterocycles. The molecule has 0 spiro atoms. The van der Waals surface area contributed by atoms with Crippen LogP contribution in [-0.2, 0) is 9.59 Å². The number of hydrogen-bond acceptors (Lipinski definition) is 6. The number of nitrogens with zero attached hydrogens (tertiary/aromatic N) is 1. The van der Waals surface area contributed by atoms with E-state index in [0.717, 1.165) is 5.56 Å². The molecule has 1 amide bonds. The molecule has 35 heavy (non-hydrogen) atoms. The third-order valence-corrected chi connectivity index (χ3v) is 5.89. The molecule has 1 unspecified atom stereocenters. The summed E-state index contributed by atoms with van der Waals surface area (Å²) >= 11 is 0. The fraction of sp³-hybridized carbons (Fsp3) is 0.214. The normalized spacial score (nSPS) is 16.9. The van der Waals surface area contributed by atoms with Crippen molar-refractivity contribution in [2.45, 2.75) is 19.9 Å². The molecule has 1 fully saturated rings. The number of carbonyl (C=O) groups excluding carboxylic acids is 2. The van der Waals surface area contributed by atoms with Crippen molar-refractivity contribution in [3.63, 3.8) is 0 Å². The van der Waals surface area contributed by atoms with E-state index in [4.69, 9.17) is 14.2 Å². The van der Waals surface area contributed by atoms with Gasteiger partial charge in [0.05, 0.1) is 32.4 Å². The van der Waals surface area contributed by atoms with Gasteiger partial charge in [-0.15, -0.1) is 0 Å². The van der Waals surface area contributed by atoms with E-state index in [2.05, 4.69) is 0 Å². The van der Waals surface area contributed by atoms with Gasteiger partial charge in [0.15, 0.2) is 11.5 Å². The molecular formula is C28H27NO6. The van der Waals surface area contributed by atoms with Gasteiger partial charge in [-0.3, -0.25) is 14.5 Å². The van der Waals surface area contributed by atoms with Crippen molar-refractivity contribution in [3.8, 4) is 17.2 Å². The minimum absolute atomic E-state index is 0.00659. The van der Waals surface area contributed by atoms with Crippen molar-refractivity contribution < 1.29 is 28.9 Å². The fourth-order valence-electron chi connectivity index (χ4n) is 4.23. The van der Waals surface area contributed by atoms with Crippen molar-refractivity contribution in [2.75, 3.05) is 25.7 Å². The number of aliphatic hydroxyl groups is 1. The highest BCUT2D eigenvalue weighted by Gasteiger charge is 2.47. The summed E-state index contributed by atoms with van der Waals surface area (Å²) in [6, 6.07) is 18.3. The van der Waals surface area contributed by atoms with Crippen LogP contribution in [0.5, 0.6) is 17.2 Å². The quantitative estimate of drug-likeness (QED) is 0.294. The first-order valence-corrected chi connectivity index (χ1v) is 11.2. The molecule has 0 saturated carbocycles. The molecule has 0 radical (unpaired) electrons. The van der Waals surface area contributed by atoms with Gasteiger partial charge in [0.2, 0.25) is 0 Å². The van der Waals surface area contributed by atoms with E-state index in [1.54, 1.807) is 55.6 Å². The van der Waals surface area contributed by atoms with Crippen LogP contribution in [0.3, 0.4) is 0 Å². The van der Waals surface area contributed by atoms with E-state index in [-0.39, 0.29) is 11.3 Å². The fourth-order valence-corrected chi connectivity index (χ4v) is 4.23. The Morgan fingerprint density at radius 3 is 2.31 bits per heavy atom. The maximum Gasteiger partial charge on any atom is 0.300 e. The molecular weight excluding hydrogens is 446 g/mol. The van der Waals surface area contributed by atoms with Crippen molar-refractivity contribution in [1.29, 1.82) is 0 Å². The Morgan fingerprint density at radius 1 is 0.943 bits per heavy atom. The first-order valence-electron chi connectivity index (χ1n) is 11.2. The molecule has 1 aliphatic rings. The highest BCUT2D eigenvalue weighted by molar-refractivity contribution is 6.51. The van der Waals surface area contributed by atoms with Gasteiger partial charge in [-0.1, -0.05) is 18.2 Å². The summed E-state index contributed by atoms with van der Waals surface area (Å²) in [5.41, 5.74) is 2.48. The second-order valence-corrected chi connectivity index (χ2v) is 8.08. The van der Waals surface area contributed by atoms with E-state index in [9.17, 15) is 14.7 Å². The maximum absolute atomic E-state index is 13.3. The SMILES string of the molecule is CCOc1ccc(C2/C(=C(/O)c3ccc(OC)cc3)C(=O)C(=O)N2c2cccc(C)c2)cc1OC. The zero-order valence-corrected chi connectivity index (χ0v) is 20.1. The average Bonchev–Trinajstić information content (AvgIpc) is 3.14. The minimum Gasteiger partial charge on any atom is -0.507 e. The Morgan fingerprint density at radius 2 is 1.69 bits per heavy atom. The lowest BCUT2D eigenvalue weighted by atomic mass is 9.94. The predicted molar refractivity (Wildman–Crippen MR) is 133 cm³/mol. The molecule has 3 aromatic rings. The largest absolute Gasteiger partial charge is 0.507 e. The Hall–Kier alpha value is -4.26. The Kier molecular flexibility index (Phi) is 6.78. The Balaban J connectivity index is 1.94. The topological polar surface area (TPSA) is 85.3 Å². The van der Waals surface area contributed by atoms with Gasteiger partial charge in [0, 0.05) is 11.3 Å². The number of Topliss-reactive ketones (excluding diaryl/α,β-unsaturated/α-hetero) is 1. The number of ketones is 1. The zero-order valence-electron chi connectivity index (χ0n) is 20.1. The van der Waals surface area contributed by atoms with Gasteiger partial charge in [0.1, 0.15) is 11.5 Å². The number of ether oxygens (including phenoxy) is 3. The van der Waals surface area contributed by atoms with Crippen molar-refractivity contribution >= 4 is 23.1 Å². The van der Waals surface area contributed by atoms with Gasteiger partial charge in [-0.25, -0.2) is 0 Å². The highest BCUT2D eigenvalue weighted by Crippen LogP contribution is 2.44. The average molecular weight is 474 g/mol. The number of anilines is 1. The third-order valence-electron chi connectivity index (χ3n) is 5.89. The summed E-state index contributed by atoms with van der Waals surface area (Å²) in [6.45, 7) is 4.23. The van der Waals surface area contributed by atoms with Crippen LogP contribution in [0, 0.1) is 6.92 Å². The molecule has 1 atom stereocenters. The molecule has 1 aliphatic heterocycles. The van der Waals surface area contributed by atoms with Crippen molar-refractivity contribution in [3.05, 3.63) is 89.0 Å². The van der Waals surface area contributed by atoms with E-state index in [1.165, 1.54) is 12.0 Å². The van der Waals surface area contributed by atoms with Gasteiger partial charge >= 0.3 is 0 Å². The number of benzene rings is 3. The summed E-state index contributed by atoms with van der Waals surface area (Å²) in [5.74, 6) is -0.139. The van der Waals surface area contributed by atoms with Crippen LogP contribution in [0.1, 0.15) is 29.7 Å². The number of aryl methyl sites for hydroxylation is 1. The number of amides is 1. The van der Waals surface area contributed by atoms with E-state index in [0.29, 0.717) is 40.7 Å². The van der Waals surface area contributed by atoms with Crippen LogP contribution < -0.4 is 19.1 Å². The first kappa shape index (κ1) is 23.9. The van der Waals surface area contributed by atoms with Gasteiger partial charge in [0.25, 0.3) is 11.7 Å². The van der Waals surface area contributed by atoms with Crippen LogP contribution >= 0.6 is 0 Å². The van der Waals surface area contributed by atoms with Crippen molar-refractivity contribution in [1.82, 2.24) is 0 Å². The maximum atomic E-state index is 13.3. The lowest BCUT2D eigenvalue weighted by molar-refractivity contribution is -0.132. The monoisotopic (exact) mass is 473 g/mol. The number of hydrogen-bond donors (Lipinski definition) is 1. The van der Waals surface area contributed by atoms with E-state index >= 15 is 0 Å². The zero-order chi connectivity index (χ0) is 25.1. The van der Waals surface area contributed by atoms with E-state index < -0.39 is 17.7 Å². The predicted octanol–water partition coefficient (Wildman–Crippen LogP) is 5.04. The first-order chi connectivity index (χ1) is 16.9. The second kappa shape index (κ2) is 9.93. The second-order valence-electron chi connectivity index (χ2n) is 8.08. The molecule has 0 aromatic heterocycles. The van der Waals surface area contributed by atoms with Crippen LogP contribution in [0.4, 0.5) is 5.69 Å². The summed E-state index contributed by atoms with van der Waals surface area (Å²) in [4.78, 5) is 28.1. The van der Waals surface area contributed by atoms with Gasteiger partial charge in [-0.05, 0) is 73.5 Å². The van der Waals surface area contributed by atoms with Gasteiger partial charge in [-0.2, -0.15) is 0 Å². The van der Waals surface area contributed by atoms with Crippen molar-refractivity contribution in [2.24, 2.45) is 0 Å². The number of methoxy groups -OCH3 is 2. The Bertz CT molecular complexity index is 1300. The molecule has 3 aromatic carbocycles. The molecule has 7 nitrogen and oxygen atoms in total. The van der Waals surface area contributed by atoms with Crippen LogP contribution in [0.25, 0.3) is 5.76 Å². The third kappa shape index (κ3) is 4.45. The summed E-state index contributed by atoms with van der Waals surface area (Å²) in [6.07, 6.45) is 0. The van der Waals surface area contributed by atoms with E-state index in [1.807, 2.05) is 32.0 Å². The lowest BCUT2D eigenvalue weighted by Crippen LogP contribution is -2.29. The summed E-state index contributed by atoms with van der Waals surface area (Å²) < 4.78 is 16.3. The summed E-state index contributed by atoms with van der Waals surface area (Å²) in [7, 11) is 3.07. The minimum atomic E-state index is -0.872. The van der Waals surface area contributed by atoms with Crippen LogP contribution in [-0.4, -0.2) is 37.6 Å². The molecule has 0 aliphatic carbocycles. The molecule has 180 valence electrons. The van der Waals surface area contributed by atoms with Gasteiger partial charge < -0.3 is 19.3 Å². The number of aliphatic hydroxyl groups excluding tert-OH is 1. The highest BCUT2D eigenvalue weighted by atomic mass is 16.5. The summed E-state index contributed by atoms with van der Waals surface area (Å²) in [5, 5.41) is 11.3. The van der Waals surface area contributed by atoms with Crippen LogP contribution in [0.2, 0.25) is 0 Å².